The van der Waals surface area contributed by atoms with Crippen LogP contribution in [0, 0.1) is 0 Å². The van der Waals surface area contributed by atoms with Gasteiger partial charge < -0.3 is 24.6 Å². The molecule has 28 heavy (non-hydrogen) atoms. The van der Waals surface area contributed by atoms with Crippen molar-refractivity contribution >= 4 is 5.91 Å². The Bertz CT molecular complexity index is 803. The molecule has 0 spiro atoms. The van der Waals surface area contributed by atoms with E-state index in [4.69, 9.17) is 14.2 Å². The molecule has 0 bridgehead atoms. The molecule has 6 heteroatoms. The molecule has 0 saturated heterocycles. The van der Waals surface area contributed by atoms with Crippen molar-refractivity contribution < 1.29 is 24.1 Å². The summed E-state index contributed by atoms with van der Waals surface area (Å²) in [5, 5.41) is 13.1. The van der Waals surface area contributed by atoms with Gasteiger partial charge in [0.25, 0.3) is 5.91 Å². The van der Waals surface area contributed by atoms with Crippen molar-refractivity contribution in [2.75, 3.05) is 19.8 Å². The number of carbonyl (C=O) groups is 1. The molecule has 0 saturated carbocycles. The maximum absolute atomic E-state index is 12.3. The number of hydrogen-bond acceptors (Lipinski definition) is 5. The molecule has 3 rings (SSSR count). The zero-order chi connectivity index (χ0) is 20.1. The standard InChI is InChI=1S/C22H27NO5/c1-14(2)16-4-7-18(8-5-16)28-15(3)22(25)23-13-19(24)17-6-9-20-21(12-17)27-11-10-26-20/h4-9,12,14-15,19,24H,10-11,13H2,1-3H3,(H,23,25). The first-order valence-corrected chi connectivity index (χ1v) is 9.56. The van der Waals surface area contributed by atoms with Crippen LogP contribution < -0.4 is 19.5 Å². The van der Waals surface area contributed by atoms with E-state index in [0.29, 0.717) is 41.9 Å². The van der Waals surface area contributed by atoms with Gasteiger partial charge in [0.15, 0.2) is 17.6 Å². The Balaban J connectivity index is 1.51. The maximum Gasteiger partial charge on any atom is 0.260 e. The van der Waals surface area contributed by atoms with E-state index in [0.717, 1.165) is 0 Å². The van der Waals surface area contributed by atoms with Gasteiger partial charge in [0, 0.05) is 6.54 Å². The Labute approximate surface area is 165 Å². The number of fused-ring (bicyclic) bond motifs is 1. The summed E-state index contributed by atoms with van der Waals surface area (Å²) in [7, 11) is 0. The van der Waals surface area contributed by atoms with E-state index in [9.17, 15) is 9.90 Å². The summed E-state index contributed by atoms with van der Waals surface area (Å²) in [6.45, 7) is 7.01. The van der Waals surface area contributed by atoms with Gasteiger partial charge >= 0.3 is 0 Å². The Hall–Kier alpha value is -2.73. The number of hydrogen-bond donors (Lipinski definition) is 2. The lowest BCUT2D eigenvalue weighted by molar-refractivity contribution is -0.127. The van der Waals surface area contributed by atoms with Crippen LogP contribution in [-0.4, -0.2) is 36.9 Å². The molecule has 0 fully saturated rings. The molecule has 1 aliphatic heterocycles. The van der Waals surface area contributed by atoms with Gasteiger partial charge in [-0.3, -0.25) is 4.79 Å². The van der Waals surface area contributed by atoms with Gasteiger partial charge in [0.1, 0.15) is 19.0 Å². The second kappa shape index (κ2) is 8.97. The van der Waals surface area contributed by atoms with Crippen molar-refractivity contribution in [2.45, 2.75) is 38.9 Å². The van der Waals surface area contributed by atoms with Gasteiger partial charge in [-0.1, -0.05) is 32.0 Å². The monoisotopic (exact) mass is 385 g/mol. The molecule has 2 N–H and O–H groups in total. The Morgan fingerprint density at radius 2 is 1.68 bits per heavy atom. The number of aliphatic hydroxyl groups excluding tert-OH is 1. The molecule has 2 aromatic carbocycles. The molecule has 1 aliphatic rings. The molecule has 2 unspecified atom stereocenters. The predicted molar refractivity (Wildman–Crippen MR) is 106 cm³/mol. The molecule has 6 nitrogen and oxygen atoms in total. The van der Waals surface area contributed by atoms with Crippen molar-refractivity contribution in [1.82, 2.24) is 5.32 Å². The van der Waals surface area contributed by atoms with Crippen molar-refractivity contribution in [3.8, 4) is 17.2 Å². The molecule has 0 aliphatic carbocycles. The Kier molecular flexibility index (Phi) is 6.41. The first kappa shape index (κ1) is 20.0. The van der Waals surface area contributed by atoms with Crippen LogP contribution in [0.3, 0.4) is 0 Å². The largest absolute Gasteiger partial charge is 0.486 e. The zero-order valence-corrected chi connectivity index (χ0v) is 16.5. The quantitative estimate of drug-likeness (QED) is 0.765. The molecule has 2 aromatic rings. The number of ether oxygens (including phenoxy) is 3. The molecular weight excluding hydrogens is 358 g/mol. The maximum atomic E-state index is 12.3. The fraction of sp³-hybridized carbons (Fsp3) is 0.409. The van der Waals surface area contributed by atoms with Gasteiger partial charge in [-0.05, 0) is 48.2 Å². The summed E-state index contributed by atoms with van der Waals surface area (Å²) in [5.74, 6) is 2.06. The summed E-state index contributed by atoms with van der Waals surface area (Å²) < 4.78 is 16.7. The van der Waals surface area contributed by atoms with Gasteiger partial charge in [-0.25, -0.2) is 0 Å². The van der Waals surface area contributed by atoms with Gasteiger partial charge in [-0.15, -0.1) is 0 Å². The minimum atomic E-state index is -0.850. The van der Waals surface area contributed by atoms with Crippen LogP contribution in [0.15, 0.2) is 42.5 Å². The number of rotatable bonds is 7. The van der Waals surface area contributed by atoms with E-state index in [-0.39, 0.29) is 12.5 Å². The fourth-order valence-corrected chi connectivity index (χ4v) is 2.91. The van der Waals surface area contributed by atoms with Crippen LogP contribution in [0.4, 0.5) is 0 Å². The molecular formula is C22H27NO5. The molecule has 0 aromatic heterocycles. The summed E-state index contributed by atoms with van der Waals surface area (Å²) >= 11 is 0. The van der Waals surface area contributed by atoms with Crippen molar-refractivity contribution in [3.63, 3.8) is 0 Å². The Morgan fingerprint density at radius 3 is 2.36 bits per heavy atom. The minimum Gasteiger partial charge on any atom is -0.486 e. The number of aliphatic hydroxyl groups is 1. The van der Waals surface area contributed by atoms with Crippen LogP contribution in [0.1, 0.15) is 43.9 Å². The summed E-state index contributed by atoms with van der Waals surface area (Å²) in [5.41, 5.74) is 1.87. The highest BCUT2D eigenvalue weighted by atomic mass is 16.6. The molecule has 2 atom stereocenters. The predicted octanol–water partition coefficient (Wildman–Crippen LogP) is 3.20. The summed E-state index contributed by atoms with van der Waals surface area (Å²) in [4.78, 5) is 12.3. The zero-order valence-electron chi connectivity index (χ0n) is 16.5. The number of carbonyl (C=O) groups excluding carboxylic acids is 1. The van der Waals surface area contributed by atoms with Crippen molar-refractivity contribution in [3.05, 3.63) is 53.6 Å². The van der Waals surface area contributed by atoms with E-state index in [1.807, 2.05) is 24.3 Å². The second-order valence-electron chi connectivity index (χ2n) is 7.15. The SMILES string of the molecule is CC(Oc1ccc(C(C)C)cc1)C(=O)NCC(O)c1ccc2c(c1)OCCO2. The lowest BCUT2D eigenvalue weighted by Crippen LogP contribution is -2.38. The van der Waals surface area contributed by atoms with Crippen molar-refractivity contribution in [1.29, 1.82) is 0 Å². The average molecular weight is 385 g/mol. The second-order valence-corrected chi connectivity index (χ2v) is 7.15. The van der Waals surface area contributed by atoms with Crippen LogP contribution in [-0.2, 0) is 4.79 Å². The molecule has 1 amide bonds. The van der Waals surface area contributed by atoms with E-state index in [1.54, 1.807) is 25.1 Å². The topological polar surface area (TPSA) is 77.0 Å². The highest BCUT2D eigenvalue weighted by Gasteiger charge is 2.19. The van der Waals surface area contributed by atoms with Gasteiger partial charge in [-0.2, -0.15) is 0 Å². The Morgan fingerprint density at radius 1 is 1.04 bits per heavy atom. The lowest BCUT2D eigenvalue weighted by atomic mass is 10.0. The van der Waals surface area contributed by atoms with E-state index < -0.39 is 12.2 Å². The van der Waals surface area contributed by atoms with E-state index in [2.05, 4.69) is 19.2 Å². The average Bonchev–Trinajstić information content (AvgIpc) is 2.71. The van der Waals surface area contributed by atoms with E-state index >= 15 is 0 Å². The summed E-state index contributed by atoms with van der Waals surface area (Å²) in [6.07, 6.45) is -1.52. The lowest BCUT2D eigenvalue weighted by Gasteiger charge is -2.21. The minimum absolute atomic E-state index is 0.0818. The number of amides is 1. The van der Waals surface area contributed by atoms with E-state index in [1.165, 1.54) is 5.56 Å². The third-order valence-corrected chi connectivity index (χ3v) is 4.65. The van der Waals surface area contributed by atoms with Crippen LogP contribution in [0.5, 0.6) is 17.2 Å². The first-order valence-electron chi connectivity index (χ1n) is 9.56. The fourth-order valence-electron chi connectivity index (χ4n) is 2.91. The van der Waals surface area contributed by atoms with Crippen LogP contribution in [0.2, 0.25) is 0 Å². The van der Waals surface area contributed by atoms with Crippen molar-refractivity contribution in [2.24, 2.45) is 0 Å². The number of benzene rings is 2. The molecule has 150 valence electrons. The highest BCUT2D eigenvalue weighted by molar-refractivity contribution is 5.80. The van der Waals surface area contributed by atoms with Crippen LogP contribution >= 0.6 is 0 Å². The van der Waals surface area contributed by atoms with Gasteiger partial charge in [0.2, 0.25) is 0 Å². The highest BCUT2D eigenvalue weighted by Crippen LogP contribution is 2.32. The van der Waals surface area contributed by atoms with Crippen LogP contribution in [0.25, 0.3) is 0 Å². The summed E-state index contributed by atoms with van der Waals surface area (Å²) in [6, 6.07) is 13.0. The third-order valence-electron chi connectivity index (χ3n) is 4.65. The third kappa shape index (κ3) is 4.95. The smallest absolute Gasteiger partial charge is 0.260 e. The molecule has 1 heterocycles. The molecule has 0 radical (unpaired) electrons. The van der Waals surface area contributed by atoms with Gasteiger partial charge in [0.05, 0.1) is 6.10 Å². The first-order chi connectivity index (χ1) is 13.4. The normalized spacial score (nSPS) is 15.0. The number of nitrogens with one attached hydrogen (secondary N) is 1.